The highest BCUT2D eigenvalue weighted by molar-refractivity contribution is 5.80. The van der Waals surface area contributed by atoms with E-state index in [-0.39, 0.29) is 5.92 Å². The number of hydrogen-bond acceptors (Lipinski definition) is 2. The van der Waals surface area contributed by atoms with Crippen LogP contribution >= 0.6 is 0 Å². The Hall–Kier alpha value is -1.69. The van der Waals surface area contributed by atoms with Gasteiger partial charge in [0.2, 0.25) is 0 Å². The van der Waals surface area contributed by atoms with Gasteiger partial charge in [0.25, 0.3) is 0 Å². The first-order valence-electron chi connectivity index (χ1n) is 10.2. The molecular formula is C21H34F2N4. The molecule has 4 nitrogen and oxygen atoms in total. The van der Waals surface area contributed by atoms with Gasteiger partial charge in [-0.05, 0) is 44.0 Å². The molecule has 1 fully saturated rings. The van der Waals surface area contributed by atoms with E-state index in [0.29, 0.717) is 18.0 Å². The lowest BCUT2D eigenvalue weighted by Gasteiger charge is -2.24. The van der Waals surface area contributed by atoms with Crippen molar-refractivity contribution in [2.75, 3.05) is 45.8 Å². The Bertz CT molecular complexity index is 616. The van der Waals surface area contributed by atoms with E-state index in [0.717, 1.165) is 51.3 Å². The summed E-state index contributed by atoms with van der Waals surface area (Å²) in [5, 5.41) is 3.37. The van der Waals surface area contributed by atoms with Crippen LogP contribution in [0.15, 0.2) is 23.2 Å². The van der Waals surface area contributed by atoms with Crippen molar-refractivity contribution in [3.63, 3.8) is 0 Å². The Labute approximate surface area is 162 Å². The Balaban J connectivity index is 1.99. The zero-order valence-corrected chi connectivity index (χ0v) is 17.1. The van der Waals surface area contributed by atoms with Crippen LogP contribution < -0.4 is 5.32 Å². The molecule has 1 heterocycles. The Morgan fingerprint density at radius 1 is 1.30 bits per heavy atom. The van der Waals surface area contributed by atoms with E-state index in [1.807, 2.05) is 6.92 Å². The Kier molecular flexibility index (Phi) is 8.48. The summed E-state index contributed by atoms with van der Waals surface area (Å²) in [6.45, 7) is 15.0. The zero-order chi connectivity index (χ0) is 19.8. The Morgan fingerprint density at radius 3 is 2.67 bits per heavy atom. The van der Waals surface area contributed by atoms with Gasteiger partial charge < -0.3 is 15.1 Å². The molecule has 0 aliphatic carbocycles. The van der Waals surface area contributed by atoms with Crippen LogP contribution in [0.5, 0.6) is 0 Å². The predicted molar refractivity (Wildman–Crippen MR) is 108 cm³/mol. The van der Waals surface area contributed by atoms with Gasteiger partial charge in [0, 0.05) is 44.7 Å². The molecule has 1 aliphatic rings. The number of guanidine groups is 1. The zero-order valence-electron chi connectivity index (χ0n) is 17.1. The van der Waals surface area contributed by atoms with E-state index >= 15 is 0 Å². The largest absolute Gasteiger partial charge is 0.357 e. The monoisotopic (exact) mass is 380 g/mol. The van der Waals surface area contributed by atoms with Crippen molar-refractivity contribution in [3.8, 4) is 0 Å². The summed E-state index contributed by atoms with van der Waals surface area (Å²) in [5.74, 6) is 0.405. The minimum atomic E-state index is -0.545. The van der Waals surface area contributed by atoms with E-state index in [4.69, 9.17) is 4.99 Å². The fraction of sp³-hybridized carbons (Fsp3) is 0.667. The van der Waals surface area contributed by atoms with Crippen molar-refractivity contribution in [3.05, 3.63) is 35.4 Å². The number of likely N-dealkylation sites (tertiary alicyclic amines) is 1. The first-order chi connectivity index (χ1) is 13.0. The molecule has 1 aromatic carbocycles. The third-order valence-corrected chi connectivity index (χ3v) is 5.34. The second-order valence-electron chi connectivity index (χ2n) is 7.35. The molecule has 2 atom stereocenters. The lowest BCUT2D eigenvalue weighted by atomic mass is 10.0. The second kappa shape index (κ2) is 10.6. The van der Waals surface area contributed by atoms with Gasteiger partial charge in [0.15, 0.2) is 5.96 Å². The van der Waals surface area contributed by atoms with Gasteiger partial charge in [-0.25, -0.2) is 8.78 Å². The van der Waals surface area contributed by atoms with Crippen LogP contribution in [0.1, 0.15) is 45.6 Å². The fourth-order valence-electron chi connectivity index (χ4n) is 3.67. The molecule has 1 saturated heterocycles. The normalized spacial score (nSPS) is 19.0. The first kappa shape index (κ1) is 21.6. The van der Waals surface area contributed by atoms with E-state index in [1.165, 1.54) is 18.6 Å². The lowest BCUT2D eigenvalue weighted by molar-refractivity contribution is 0.255. The molecule has 0 bridgehead atoms. The topological polar surface area (TPSA) is 30.9 Å². The van der Waals surface area contributed by atoms with Gasteiger partial charge in [-0.2, -0.15) is 0 Å². The molecule has 2 rings (SSSR count). The van der Waals surface area contributed by atoms with Crippen LogP contribution in [0.2, 0.25) is 0 Å². The minimum Gasteiger partial charge on any atom is -0.357 e. The summed E-state index contributed by atoms with van der Waals surface area (Å²) in [7, 11) is 0. The first-order valence-corrected chi connectivity index (χ1v) is 10.2. The van der Waals surface area contributed by atoms with E-state index in [9.17, 15) is 8.78 Å². The summed E-state index contributed by atoms with van der Waals surface area (Å²) in [5.41, 5.74) is 0.511. The molecule has 0 radical (unpaired) electrons. The van der Waals surface area contributed by atoms with Crippen molar-refractivity contribution in [1.82, 2.24) is 15.1 Å². The standard InChI is InChI=1S/C21H34F2N4/c1-5-24-21(27-11-10-17(15-27)14-26(6-2)7-3)25-13-16(4)19-9-8-18(22)12-20(19)23/h8-9,12,16-17H,5-7,10-11,13-15H2,1-4H3,(H,24,25). The number of nitrogens with one attached hydrogen (secondary N) is 1. The molecule has 2 unspecified atom stereocenters. The van der Waals surface area contributed by atoms with Gasteiger partial charge in [0.1, 0.15) is 11.6 Å². The van der Waals surface area contributed by atoms with Crippen LogP contribution in [0.4, 0.5) is 8.78 Å². The number of hydrogen-bond donors (Lipinski definition) is 1. The van der Waals surface area contributed by atoms with Gasteiger partial charge >= 0.3 is 0 Å². The molecule has 6 heteroatoms. The summed E-state index contributed by atoms with van der Waals surface area (Å²) in [4.78, 5) is 9.53. The lowest BCUT2D eigenvalue weighted by Crippen LogP contribution is -2.41. The molecule has 152 valence electrons. The molecule has 0 aromatic heterocycles. The Morgan fingerprint density at radius 2 is 2.04 bits per heavy atom. The van der Waals surface area contributed by atoms with Crippen molar-refractivity contribution in [2.45, 2.75) is 40.0 Å². The van der Waals surface area contributed by atoms with Crippen molar-refractivity contribution < 1.29 is 8.78 Å². The highest BCUT2D eigenvalue weighted by atomic mass is 19.1. The van der Waals surface area contributed by atoms with Gasteiger partial charge in [-0.3, -0.25) is 4.99 Å². The summed E-state index contributed by atoms with van der Waals surface area (Å²) < 4.78 is 27.1. The SMILES string of the molecule is CCNC(=NCC(C)c1ccc(F)cc1F)N1CCC(CN(CC)CC)C1. The molecule has 0 amide bonds. The number of nitrogens with zero attached hydrogens (tertiary/aromatic N) is 3. The number of aliphatic imine (C=N–C) groups is 1. The second-order valence-corrected chi connectivity index (χ2v) is 7.35. The molecule has 0 saturated carbocycles. The summed E-state index contributed by atoms with van der Waals surface area (Å²) in [6.07, 6.45) is 1.17. The van der Waals surface area contributed by atoms with Crippen LogP contribution in [-0.2, 0) is 0 Å². The summed E-state index contributed by atoms with van der Waals surface area (Å²) >= 11 is 0. The minimum absolute atomic E-state index is 0.103. The summed E-state index contributed by atoms with van der Waals surface area (Å²) in [6, 6.07) is 3.77. The van der Waals surface area contributed by atoms with Crippen LogP contribution in [0.3, 0.4) is 0 Å². The maximum absolute atomic E-state index is 14.0. The number of benzene rings is 1. The molecule has 1 aromatic rings. The van der Waals surface area contributed by atoms with Crippen molar-refractivity contribution in [2.24, 2.45) is 10.9 Å². The molecular weight excluding hydrogens is 346 g/mol. The third-order valence-electron chi connectivity index (χ3n) is 5.34. The third kappa shape index (κ3) is 6.16. The van der Waals surface area contributed by atoms with Crippen LogP contribution in [0, 0.1) is 17.6 Å². The van der Waals surface area contributed by atoms with Crippen LogP contribution in [-0.4, -0.2) is 61.6 Å². The fourth-order valence-corrected chi connectivity index (χ4v) is 3.67. The smallest absolute Gasteiger partial charge is 0.193 e. The quantitative estimate of drug-likeness (QED) is 0.551. The molecule has 1 aliphatic heterocycles. The maximum Gasteiger partial charge on any atom is 0.193 e. The van der Waals surface area contributed by atoms with Crippen molar-refractivity contribution in [1.29, 1.82) is 0 Å². The van der Waals surface area contributed by atoms with Gasteiger partial charge in [-0.15, -0.1) is 0 Å². The average molecular weight is 381 g/mol. The van der Waals surface area contributed by atoms with E-state index < -0.39 is 11.6 Å². The maximum atomic E-state index is 14.0. The van der Waals surface area contributed by atoms with E-state index in [1.54, 1.807) is 0 Å². The van der Waals surface area contributed by atoms with Gasteiger partial charge in [0.05, 0.1) is 0 Å². The van der Waals surface area contributed by atoms with E-state index in [2.05, 4.69) is 35.9 Å². The number of halogens is 2. The highest BCUT2D eigenvalue weighted by Gasteiger charge is 2.26. The highest BCUT2D eigenvalue weighted by Crippen LogP contribution is 2.21. The predicted octanol–water partition coefficient (Wildman–Crippen LogP) is 3.70. The molecule has 27 heavy (non-hydrogen) atoms. The van der Waals surface area contributed by atoms with Crippen molar-refractivity contribution >= 4 is 5.96 Å². The van der Waals surface area contributed by atoms with Gasteiger partial charge in [-0.1, -0.05) is 26.8 Å². The average Bonchev–Trinajstić information content (AvgIpc) is 3.11. The number of rotatable bonds is 8. The molecule has 0 spiro atoms. The molecule has 1 N–H and O–H groups in total. The van der Waals surface area contributed by atoms with Crippen LogP contribution in [0.25, 0.3) is 0 Å².